The fraction of sp³-hybridized carbons (Fsp3) is 0.353. The van der Waals surface area contributed by atoms with Crippen molar-refractivity contribution in [2.24, 2.45) is 0 Å². The summed E-state index contributed by atoms with van der Waals surface area (Å²) in [5.41, 5.74) is 3.25. The molecule has 0 aromatic heterocycles. The van der Waals surface area contributed by atoms with E-state index < -0.39 is 0 Å². The Hall–Kier alpha value is -1.90. The van der Waals surface area contributed by atoms with Crippen molar-refractivity contribution in [3.05, 3.63) is 53.4 Å². The second kappa shape index (κ2) is 8.31. The molecule has 0 saturated heterocycles. The minimum atomic E-state index is -0.212. The van der Waals surface area contributed by atoms with Gasteiger partial charge in [-0.05, 0) is 49.6 Å². The van der Waals surface area contributed by atoms with Gasteiger partial charge in [0.15, 0.2) is 0 Å². The highest BCUT2D eigenvalue weighted by Crippen LogP contribution is 2.18. The third-order valence-electron chi connectivity index (χ3n) is 3.07. The molecule has 0 aliphatic rings. The van der Waals surface area contributed by atoms with Crippen LogP contribution in [0.3, 0.4) is 0 Å². The molecule has 0 unspecified atom stereocenters. The van der Waals surface area contributed by atoms with Crippen molar-refractivity contribution >= 4 is 12.0 Å². The molecule has 1 aromatic rings. The maximum absolute atomic E-state index is 12.9. The maximum atomic E-state index is 12.9. The molecule has 2 nitrogen and oxygen atoms in total. The topological polar surface area (TPSA) is 20.3 Å². The smallest absolute Gasteiger partial charge is 0.124 e. The zero-order valence-corrected chi connectivity index (χ0v) is 12.4. The van der Waals surface area contributed by atoms with Crippen LogP contribution in [0.5, 0.6) is 0 Å². The summed E-state index contributed by atoms with van der Waals surface area (Å²) in [5.74, 6) is -0.212. The van der Waals surface area contributed by atoms with Gasteiger partial charge in [0.2, 0.25) is 0 Å². The molecule has 3 heteroatoms. The van der Waals surface area contributed by atoms with Gasteiger partial charge in [-0.3, -0.25) is 0 Å². The number of hydrogen-bond donors (Lipinski definition) is 0. The Kier molecular flexibility index (Phi) is 6.71. The van der Waals surface area contributed by atoms with E-state index in [9.17, 15) is 9.18 Å². The van der Waals surface area contributed by atoms with E-state index in [0.29, 0.717) is 6.42 Å². The zero-order valence-electron chi connectivity index (χ0n) is 12.4. The molecule has 1 rings (SSSR count). The standard InChI is InChI=1S/C17H22FNO/c1-4-16(18)7-5-6-9-19(3)17-12-14(2)11-15(13-17)8-10-20/h4-5,7,10-13H,6,8-9H2,1-3H3/b7-5+,16-4+. The number of halogens is 1. The molecule has 0 amide bonds. The molecular weight excluding hydrogens is 253 g/mol. The van der Waals surface area contributed by atoms with Crippen LogP contribution >= 0.6 is 0 Å². The number of carbonyl (C=O) groups excluding carboxylic acids is 1. The Morgan fingerprint density at radius 3 is 2.75 bits per heavy atom. The molecule has 0 aliphatic carbocycles. The van der Waals surface area contributed by atoms with Crippen LogP contribution in [-0.2, 0) is 11.2 Å². The summed E-state index contributed by atoms with van der Waals surface area (Å²) < 4.78 is 12.9. The lowest BCUT2D eigenvalue weighted by atomic mass is 10.1. The average molecular weight is 275 g/mol. The van der Waals surface area contributed by atoms with E-state index in [1.807, 2.05) is 32.2 Å². The van der Waals surface area contributed by atoms with Crippen molar-refractivity contribution < 1.29 is 9.18 Å². The van der Waals surface area contributed by atoms with E-state index in [4.69, 9.17) is 0 Å². The predicted molar refractivity (Wildman–Crippen MR) is 82.8 cm³/mol. The van der Waals surface area contributed by atoms with E-state index in [1.165, 1.54) is 12.2 Å². The molecule has 1 aromatic carbocycles. The van der Waals surface area contributed by atoms with Gasteiger partial charge >= 0.3 is 0 Å². The highest BCUT2D eigenvalue weighted by atomic mass is 19.1. The van der Waals surface area contributed by atoms with Crippen LogP contribution in [0.15, 0.2) is 42.3 Å². The number of hydrogen-bond acceptors (Lipinski definition) is 2. The molecule has 0 radical (unpaired) electrons. The summed E-state index contributed by atoms with van der Waals surface area (Å²) in [6.07, 6.45) is 6.88. The summed E-state index contributed by atoms with van der Waals surface area (Å²) in [7, 11) is 2.00. The number of anilines is 1. The van der Waals surface area contributed by atoms with Gasteiger partial charge in [-0.15, -0.1) is 0 Å². The molecule has 0 heterocycles. The second-order valence-electron chi connectivity index (χ2n) is 4.83. The number of benzene rings is 1. The number of allylic oxidation sites excluding steroid dienone is 3. The minimum absolute atomic E-state index is 0.212. The minimum Gasteiger partial charge on any atom is -0.374 e. The zero-order chi connectivity index (χ0) is 15.0. The van der Waals surface area contributed by atoms with Gasteiger partial charge in [0, 0.05) is 25.7 Å². The molecule has 0 atom stereocenters. The van der Waals surface area contributed by atoms with Crippen molar-refractivity contribution in [1.82, 2.24) is 0 Å². The number of rotatable bonds is 7. The Morgan fingerprint density at radius 2 is 2.10 bits per heavy atom. The third kappa shape index (κ3) is 5.39. The molecular formula is C17H22FNO. The van der Waals surface area contributed by atoms with Gasteiger partial charge in [-0.1, -0.05) is 18.2 Å². The molecule has 0 spiro atoms. The van der Waals surface area contributed by atoms with E-state index in [1.54, 1.807) is 6.92 Å². The lowest BCUT2D eigenvalue weighted by Gasteiger charge is -2.20. The highest BCUT2D eigenvalue weighted by molar-refractivity contribution is 5.59. The van der Waals surface area contributed by atoms with Crippen LogP contribution in [0.2, 0.25) is 0 Å². The van der Waals surface area contributed by atoms with Gasteiger partial charge in [0.25, 0.3) is 0 Å². The van der Waals surface area contributed by atoms with Crippen LogP contribution in [0.4, 0.5) is 10.1 Å². The van der Waals surface area contributed by atoms with Crippen LogP contribution in [0.1, 0.15) is 24.5 Å². The van der Waals surface area contributed by atoms with E-state index in [-0.39, 0.29) is 5.83 Å². The normalized spacial score (nSPS) is 11.9. The Morgan fingerprint density at radius 1 is 1.35 bits per heavy atom. The van der Waals surface area contributed by atoms with Gasteiger partial charge < -0.3 is 9.69 Å². The molecule has 108 valence electrons. The number of aldehydes is 1. The van der Waals surface area contributed by atoms with E-state index in [0.717, 1.165) is 36.1 Å². The first-order valence-electron chi connectivity index (χ1n) is 6.80. The van der Waals surface area contributed by atoms with Crippen molar-refractivity contribution in [3.63, 3.8) is 0 Å². The van der Waals surface area contributed by atoms with E-state index in [2.05, 4.69) is 11.0 Å². The van der Waals surface area contributed by atoms with Gasteiger partial charge in [-0.25, -0.2) is 4.39 Å². The van der Waals surface area contributed by atoms with E-state index >= 15 is 0 Å². The monoisotopic (exact) mass is 275 g/mol. The van der Waals surface area contributed by atoms with Crippen molar-refractivity contribution in [3.8, 4) is 0 Å². The maximum Gasteiger partial charge on any atom is 0.124 e. The molecule has 20 heavy (non-hydrogen) atoms. The van der Waals surface area contributed by atoms with Gasteiger partial charge in [0.05, 0.1) is 0 Å². The average Bonchev–Trinajstić information content (AvgIpc) is 2.42. The van der Waals surface area contributed by atoms with Crippen molar-refractivity contribution in [1.29, 1.82) is 0 Å². The molecule has 0 saturated carbocycles. The predicted octanol–water partition coefficient (Wildman–Crippen LogP) is 3.99. The van der Waals surface area contributed by atoms with Crippen LogP contribution in [-0.4, -0.2) is 19.9 Å². The summed E-state index contributed by atoms with van der Waals surface area (Å²) in [6, 6.07) is 6.13. The first kappa shape index (κ1) is 16.2. The van der Waals surface area contributed by atoms with Crippen LogP contribution in [0.25, 0.3) is 0 Å². The fourth-order valence-electron chi connectivity index (χ4n) is 1.96. The second-order valence-corrected chi connectivity index (χ2v) is 4.83. The molecule has 0 bridgehead atoms. The Bertz CT molecular complexity index is 506. The molecule has 0 aliphatic heterocycles. The van der Waals surface area contributed by atoms with Crippen LogP contribution < -0.4 is 4.90 Å². The summed E-state index contributed by atoms with van der Waals surface area (Å²) >= 11 is 0. The summed E-state index contributed by atoms with van der Waals surface area (Å²) in [6.45, 7) is 4.50. The van der Waals surface area contributed by atoms with Crippen LogP contribution in [0, 0.1) is 6.92 Å². The third-order valence-corrected chi connectivity index (χ3v) is 3.07. The van der Waals surface area contributed by atoms with Gasteiger partial charge in [-0.2, -0.15) is 0 Å². The van der Waals surface area contributed by atoms with Crippen molar-refractivity contribution in [2.75, 3.05) is 18.5 Å². The number of carbonyl (C=O) groups is 1. The lowest BCUT2D eigenvalue weighted by Crippen LogP contribution is -2.18. The van der Waals surface area contributed by atoms with Gasteiger partial charge in [0.1, 0.15) is 12.1 Å². The lowest BCUT2D eigenvalue weighted by molar-refractivity contribution is -0.107. The molecule has 0 N–H and O–H groups in total. The number of aryl methyl sites for hydroxylation is 1. The number of nitrogens with zero attached hydrogens (tertiary/aromatic N) is 1. The largest absolute Gasteiger partial charge is 0.374 e. The summed E-state index contributed by atoms with van der Waals surface area (Å²) in [5, 5.41) is 0. The highest BCUT2D eigenvalue weighted by Gasteiger charge is 2.03. The summed E-state index contributed by atoms with van der Waals surface area (Å²) in [4.78, 5) is 12.7. The first-order valence-corrected chi connectivity index (χ1v) is 6.80. The quantitative estimate of drug-likeness (QED) is 0.554. The first-order chi connectivity index (χ1) is 9.56. The SMILES string of the molecule is C/C=C(F)\C=C\CCN(C)c1cc(C)cc(CC=O)c1. The molecule has 0 fully saturated rings. The Labute approximate surface area is 120 Å². The van der Waals surface area contributed by atoms with Crippen molar-refractivity contribution in [2.45, 2.75) is 26.7 Å². The Balaban J connectivity index is 2.65. The fourth-order valence-corrected chi connectivity index (χ4v) is 1.96.